The molecule has 0 radical (unpaired) electrons. The van der Waals surface area contributed by atoms with E-state index in [2.05, 4.69) is 28.9 Å². The first-order valence-corrected chi connectivity index (χ1v) is 8.59. The van der Waals surface area contributed by atoms with Gasteiger partial charge in [0.2, 0.25) is 0 Å². The minimum absolute atomic E-state index is 0.796. The largest absolute Gasteiger partial charge is 0.314 e. The van der Waals surface area contributed by atoms with Crippen LogP contribution in [0.2, 0.25) is 0 Å². The summed E-state index contributed by atoms with van der Waals surface area (Å²) in [6.45, 7) is 7.38. The summed E-state index contributed by atoms with van der Waals surface area (Å²) in [4.78, 5) is 2.72. The lowest BCUT2D eigenvalue weighted by Gasteiger charge is -2.35. The van der Waals surface area contributed by atoms with E-state index in [1.807, 2.05) is 0 Å². The van der Waals surface area contributed by atoms with Gasteiger partial charge in [-0.2, -0.15) is 11.8 Å². The molecule has 17 heavy (non-hydrogen) atoms. The number of rotatable bonds is 4. The van der Waals surface area contributed by atoms with Crippen LogP contribution in [0.5, 0.6) is 0 Å². The van der Waals surface area contributed by atoms with E-state index in [4.69, 9.17) is 0 Å². The highest BCUT2D eigenvalue weighted by molar-refractivity contribution is 7.99. The van der Waals surface area contributed by atoms with Crippen LogP contribution < -0.4 is 5.32 Å². The minimum Gasteiger partial charge on any atom is -0.314 e. The molecule has 100 valence electrons. The second kappa shape index (κ2) is 7.65. The van der Waals surface area contributed by atoms with Gasteiger partial charge in [0.05, 0.1) is 0 Å². The van der Waals surface area contributed by atoms with Crippen LogP contribution in [-0.4, -0.2) is 48.6 Å². The summed E-state index contributed by atoms with van der Waals surface area (Å²) < 4.78 is 0. The number of nitrogens with one attached hydrogen (secondary N) is 1. The topological polar surface area (TPSA) is 15.3 Å². The van der Waals surface area contributed by atoms with Gasteiger partial charge in [-0.05, 0) is 44.0 Å². The number of nitrogens with zero attached hydrogens (tertiary/aromatic N) is 1. The van der Waals surface area contributed by atoms with Crippen LogP contribution in [0.25, 0.3) is 0 Å². The molecule has 0 aromatic carbocycles. The quantitative estimate of drug-likeness (QED) is 0.832. The lowest BCUT2D eigenvalue weighted by molar-refractivity contribution is 0.176. The van der Waals surface area contributed by atoms with E-state index < -0.39 is 0 Å². The maximum atomic E-state index is 3.71. The van der Waals surface area contributed by atoms with Crippen molar-refractivity contribution in [3.63, 3.8) is 0 Å². The van der Waals surface area contributed by atoms with E-state index in [0.717, 1.165) is 18.5 Å². The van der Waals surface area contributed by atoms with Gasteiger partial charge in [0.1, 0.15) is 0 Å². The van der Waals surface area contributed by atoms with E-state index >= 15 is 0 Å². The van der Waals surface area contributed by atoms with Crippen molar-refractivity contribution in [2.45, 2.75) is 45.1 Å². The Morgan fingerprint density at radius 1 is 1.12 bits per heavy atom. The van der Waals surface area contributed by atoms with Gasteiger partial charge in [0.25, 0.3) is 0 Å². The highest BCUT2D eigenvalue weighted by atomic mass is 32.2. The Morgan fingerprint density at radius 2 is 2.00 bits per heavy atom. The highest BCUT2D eigenvalue weighted by Gasteiger charge is 2.26. The van der Waals surface area contributed by atoms with Crippen LogP contribution in [0.3, 0.4) is 0 Å². The normalized spacial score (nSPS) is 32.3. The van der Waals surface area contributed by atoms with Gasteiger partial charge in [0, 0.05) is 24.9 Å². The molecule has 2 aliphatic rings. The summed E-state index contributed by atoms with van der Waals surface area (Å²) in [5.74, 6) is 3.63. The molecule has 1 saturated heterocycles. The second-order valence-electron chi connectivity index (χ2n) is 5.48. The summed E-state index contributed by atoms with van der Waals surface area (Å²) in [5, 5.41) is 3.71. The molecular formula is C14H28N2S. The van der Waals surface area contributed by atoms with Crippen molar-refractivity contribution in [3.8, 4) is 0 Å². The van der Waals surface area contributed by atoms with Gasteiger partial charge in [0.15, 0.2) is 0 Å². The Bertz CT molecular complexity index is 200. The Morgan fingerprint density at radius 3 is 2.88 bits per heavy atom. The van der Waals surface area contributed by atoms with Crippen molar-refractivity contribution in [1.82, 2.24) is 10.2 Å². The van der Waals surface area contributed by atoms with Gasteiger partial charge in [-0.25, -0.2) is 0 Å². The third-order valence-electron chi connectivity index (χ3n) is 4.18. The smallest absolute Gasteiger partial charge is 0.0107 e. The van der Waals surface area contributed by atoms with Crippen LogP contribution in [0, 0.1) is 5.92 Å². The van der Waals surface area contributed by atoms with Crippen molar-refractivity contribution in [1.29, 1.82) is 0 Å². The number of hydrogen-bond donors (Lipinski definition) is 1. The highest BCUT2D eigenvalue weighted by Crippen LogP contribution is 2.26. The fraction of sp³-hybridized carbons (Fsp3) is 1.00. The van der Waals surface area contributed by atoms with E-state index in [1.54, 1.807) is 0 Å². The van der Waals surface area contributed by atoms with Crippen LogP contribution in [0.15, 0.2) is 0 Å². The van der Waals surface area contributed by atoms with Crippen molar-refractivity contribution in [2.24, 2.45) is 5.92 Å². The van der Waals surface area contributed by atoms with Crippen molar-refractivity contribution in [2.75, 3.05) is 37.7 Å². The average Bonchev–Trinajstić information content (AvgIpc) is 2.61. The average molecular weight is 256 g/mol. The maximum absolute atomic E-state index is 3.71. The van der Waals surface area contributed by atoms with E-state index in [9.17, 15) is 0 Å². The fourth-order valence-corrected chi connectivity index (χ4v) is 4.19. The van der Waals surface area contributed by atoms with Crippen LogP contribution in [-0.2, 0) is 0 Å². The van der Waals surface area contributed by atoms with Crippen molar-refractivity contribution in [3.05, 3.63) is 0 Å². The summed E-state index contributed by atoms with van der Waals surface area (Å²) in [5.41, 5.74) is 0. The molecule has 2 fully saturated rings. The molecule has 0 amide bonds. The Kier molecular flexibility index (Phi) is 6.16. The first-order valence-electron chi connectivity index (χ1n) is 7.43. The number of hydrogen-bond acceptors (Lipinski definition) is 3. The van der Waals surface area contributed by atoms with Crippen molar-refractivity contribution >= 4 is 11.8 Å². The van der Waals surface area contributed by atoms with Crippen molar-refractivity contribution < 1.29 is 0 Å². The fourth-order valence-electron chi connectivity index (χ4n) is 3.27. The first kappa shape index (κ1) is 13.7. The zero-order chi connectivity index (χ0) is 11.9. The molecule has 0 aromatic rings. The summed E-state index contributed by atoms with van der Waals surface area (Å²) in [7, 11) is 0. The molecule has 1 saturated carbocycles. The predicted octanol–water partition coefficient (Wildman–Crippen LogP) is 2.59. The molecule has 0 aromatic heterocycles. The van der Waals surface area contributed by atoms with E-state index in [1.165, 1.54) is 63.2 Å². The van der Waals surface area contributed by atoms with E-state index in [-0.39, 0.29) is 0 Å². The first-order chi connectivity index (χ1) is 8.40. The molecule has 1 N–H and O–H groups in total. The molecule has 2 rings (SSSR count). The lowest BCUT2D eigenvalue weighted by atomic mass is 9.84. The molecule has 0 spiro atoms. The van der Waals surface area contributed by atoms with Crippen LogP contribution in [0.1, 0.15) is 39.0 Å². The monoisotopic (exact) mass is 256 g/mol. The zero-order valence-electron chi connectivity index (χ0n) is 11.3. The summed E-state index contributed by atoms with van der Waals surface area (Å²) in [6.07, 6.45) is 7.13. The van der Waals surface area contributed by atoms with Gasteiger partial charge >= 0.3 is 0 Å². The molecule has 1 heterocycles. The maximum Gasteiger partial charge on any atom is 0.0107 e. The van der Waals surface area contributed by atoms with Gasteiger partial charge in [-0.3, -0.25) is 0 Å². The Hall–Kier alpha value is 0.270. The molecule has 0 bridgehead atoms. The van der Waals surface area contributed by atoms with Gasteiger partial charge in [-0.15, -0.1) is 0 Å². The standard InChI is InChI=1S/C14H28N2S/c1-2-15-14-7-4-3-6-13(14)12-16-8-5-10-17-11-9-16/h13-15H,2-12H2,1H3. The predicted molar refractivity (Wildman–Crippen MR) is 77.8 cm³/mol. The summed E-state index contributed by atoms with van der Waals surface area (Å²) >= 11 is 2.14. The number of thioether (sulfide) groups is 1. The minimum atomic E-state index is 0.796. The Balaban J connectivity index is 1.81. The Labute approximate surface area is 111 Å². The molecule has 1 aliphatic carbocycles. The molecule has 2 nitrogen and oxygen atoms in total. The SMILES string of the molecule is CCNC1CCCCC1CN1CCCSCC1. The van der Waals surface area contributed by atoms with Crippen LogP contribution in [0.4, 0.5) is 0 Å². The molecule has 1 aliphatic heterocycles. The third-order valence-corrected chi connectivity index (χ3v) is 5.23. The van der Waals surface area contributed by atoms with Gasteiger partial charge in [-0.1, -0.05) is 19.8 Å². The molecule has 3 heteroatoms. The second-order valence-corrected chi connectivity index (χ2v) is 6.70. The van der Waals surface area contributed by atoms with E-state index in [0.29, 0.717) is 0 Å². The zero-order valence-corrected chi connectivity index (χ0v) is 12.1. The van der Waals surface area contributed by atoms with Crippen LogP contribution >= 0.6 is 11.8 Å². The molecular weight excluding hydrogens is 228 g/mol. The van der Waals surface area contributed by atoms with Gasteiger partial charge < -0.3 is 10.2 Å². The summed E-state index contributed by atoms with van der Waals surface area (Å²) in [6, 6.07) is 0.796. The molecule has 2 unspecified atom stereocenters. The lowest BCUT2D eigenvalue weighted by Crippen LogP contribution is -2.44. The third kappa shape index (κ3) is 4.46. The molecule has 2 atom stereocenters.